The number of hydrogen-bond acceptors (Lipinski definition) is 3. The van der Waals surface area contributed by atoms with Gasteiger partial charge in [0.2, 0.25) is 0 Å². The summed E-state index contributed by atoms with van der Waals surface area (Å²) in [4.78, 5) is 0. The molecular weight excluding hydrogens is 192 g/mol. The number of aliphatic hydroxyl groups is 1. The Kier molecular flexibility index (Phi) is 4.98. The van der Waals surface area contributed by atoms with Gasteiger partial charge in [0, 0.05) is 0 Å². The minimum absolute atomic E-state index is 0.284. The Morgan fingerprint density at radius 2 is 1.80 bits per heavy atom. The van der Waals surface area contributed by atoms with Crippen molar-refractivity contribution in [3.8, 4) is 11.5 Å². The molecule has 3 heteroatoms. The molecule has 0 aliphatic carbocycles. The molecular formula is C12H18O3. The summed E-state index contributed by atoms with van der Waals surface area (Å²) in [5, 5.41) is 9.11. The Morgan fingerprint density at radius 1 is 1.20 bits per heavy atom. The van der Waals surface area contributed by atoms with Crippen molar-refractivity contribution in [1.29, 1.82) is 0 Å². The van der Waals surface area contributed by atoms with E-state index in [4.69, 9.17) is 14.6 Å². The van der Waals surface area contributed by atoms with E-state index in [9.17, 15) is 0 Å². The summed E-state index contributed by atoms with van der Waals surface area (Å²) in [6.45, 7) is 4.70. The van der Waals surface area contributed by atoms with Crippen molar-refractivity contribution < 1.29 is 14.6 Å². The van der Waals surface area contributed by atoms with Crippen molar-refractivity contribution in [3.63, 3.8) is 0 Å². The van der Waals surface area contributed by atoms with Gasteiger partial charge < -0.3 is 14.6 Å². The lowest BCUT2D eigenvalue weighted by molar-refractivity contribution is 0.120. The number of benzene rings is 1. The van der Waals surface area contributed by atoms with Crippen LogP contribution in [0.2, 0.25) is 0 Å². The Hall–Kier alpha value is -1.22. The third-order valence-corrected chi connectivity index (χ3v) is 1.79. The normalized spacial score (nSPS) is 12.2. The molecule has 1 N–H and O–H groups in total. The van der Waals surface area contributed by atoms with Crippen LogP contribution in [0.1, 0.15) is 20.3 Å². The number of rotatable bonds is 6. The minimum Gasteiger partial charge on any atom is -0.490 e. The van der Waals surface area contributed by atoms with Gasteiger partial charge in [-0.1, -0.05) is 19.1 Å². The van der Waals surface area contributed by atoms with E-state index in [1.807, 2.05) is 24.3 Å². The van der Waals surface area contributed by atoms with Crippen LogP contribution in [0.15, 0.2) is 24.3 Å². The molecule has 1 aromatic carbocycles. The van der Waals surface area contributed by atoms with Gasteiger partial charge in [-0.15, -0.1) is 0 Å². The van der Waals surface area contributed by atoms with E-state index in [0.29, 0.717) is 12.4 Å². The van der Waals surface area contributed by atoms with Gasteiger partial charge in [-0.3, -0.25) is 0 Å². The predicted octanol–water partition coefficient (Wildman–Crippen LogP) is 2.24. The van der Waals surface area contributed by atoms with Crippen LogP contribution in [-0.2, 0) is 0 Å². The second-order valence-electron chi connectivity index (χ2n) is 3.46. The van der Waals surface area contributed by atoms with Crippen molar-refractivity contribution >= 4 is 0 Å². The highest BCUT2D eigenvalue weighted by Crippen LogP contribution is 2.26. The molecule has 0 aromatic heterocycles. The fourth-order valence-electron chi connectivity index (χ4n) is 1.11. The van der Waals surface area contributed by atoms with Crippen LogP contribution in [0.4, 0.5) is 0 Å². The molecule has 0 amide bonds. The highest BCUT2D eigenvalue weighted by molar-refractivity contribution is 5.39. The maximum Gasteiger partial charge on any atom is 0.161 e. The van der Waals surface area contributed by atoms with E-state index in [0.717, 1.165) is 12.2 Å². The van der Waals surface area contributed by atoms with E-state index in [2.05, 4.69) is 6.92 Å². The maximum atomic E-state index is 9.11. The summed E-state index contributed by atoms with van der Waals surface area (Å²) in [6.07, 6.45) is 0.495. The first-order valence-corrected chi connectivity index (χ1v) is 5.26. The zero-order valence-electron chi connectivity index (χ0n) is 9.27. The SMILES string of the molecule is CCCOc1ccccc1OCC(C)O. The van der Waals surface area contributed by atoms with Crippen LogP contribution < -0.4 is 9.47 Å². The molecule has 0 saturated heterocycles. The molecule has 0 fully saturated rings. The number of aliphatic hydroxyl groups excluding tert-OH is 1. The smallest absolute Gasteiger partial charge is 0.161 e. The third-order valence-electron chi connectivity index (χ3n) is 1.79. The molecule has 1 atom stereocenters. The average Bonchev–Trinajstić information content (AvgIpc) is 2.24. The molecule has 0 spiro atoms. The maximum absolute atomic E-state index is 9.11. The van der Waals surface area contributed by atoms with Gasteiger partial charge in [-0.25, -0.2) is 0 Å². The van der Waals surface area contributed by atoms with Gasteiger partial charge in [0.15, 0.2) is 11.5 Å². The van der Waals surface area contributed by atoms with E-state index < -0.39 is 6.10 Å². The quantitative estimate of drug-likeness (QED) is 0.782. The standard InChI is InChI=1S/C12H18O3/c1-3-8-14-11-6-4-5-7-12(11)15-9-10(2)13/h4-7,10,13H,3,8-9H2,1-2H3. The van der Waals surface area contributed by atoms with Gasteiger partial charge in [0.05, 0.1) is 12.7 Å². The molecule has 1 rings (SSSR count). The zero-order valence-corrected chi connectivity index (χ0v) is 9.27. The molecule has 3 nitrogen and oxygen atoms in total. The molecule has 0 aliphatic rings. The predicted molar refractivity (Wildman–Crippen MR) is 59.4 cm³/mol. The second kappa shape index (κ2) is 6.30. The lowest BCUT2D eigenvalue weighted by Crippen LogP contribution is -2.13. The minimum atomic E-state index is -0.468. The van der Waals surface area contributed by atoms with Crippen LogP contribution in [-0.4, -0.2) is 24.4 Å². The Labute approximate surface area is 90.6 Å². The Morgan fingerprint density at radius 3 is 2.33 bits per heavy atom. The number of ether oxygens (including phenoxy) is 2. The monoisotopic (exact) mass is 210 g/mol. The van der Waals surface area contributed by atoms with Crippen molar-refractivity contribution in [3.05, 3.63) is 24.3 Å². The van der Waals surface area contributed by atoms with Gasteiger partial charge in [0.1, 0.15) is 6.61 Å². The molecule has 84 valence electrons. The molecule has 0 heterocycles. The van der Waals surface area contributed by atoms with Crippen molar-refractivity contribution in [1.82, 2.24) is 0 Å². The highest BCUT2D eigenvalue weighted by Gasteiger charge is 2.04. The summed E-state index contributed by atoms with van der Waals surface area (Å²) < 4.78 is 10.9. The van der Waals surface area contributed by atoms with Gasteiger partial charge in [0.25, 0.3) is 0 Å². The fourth-order valence-corrected chi connectivity index (χ4v) is 1.11. The van der Waals surface area contributed by atoms with Crippen LogP contribution in [0.3, 0.4) is 0 Å². The average molecular weight is 210 g/mol. The van der Waals surface area contributed by atoms with E-state index >= 15 is 0 Å². The number of hydrogen-bond donors (Lipinski definition) is 1. The topological polar surface area (TPSA) is 38.7 Å². The number of para-hydroxylation sites is 2. The summed E-state index contributed by atoms with van der Waals surface area (Å²) >= 11 is 0. The molecule has 15 heavy (non-hydrogen) atoms. The highest BCUT2D eigenvalue weighted by atomic mass is 16.5. The Bertz CT molecular complexity index is 284. The van der Waals surface area contributed by atoms with Gasteiger partial charge in [-0.2, -0.15) is 0 Å². The third kappa shape index (κ3) is 4.21. The second-order valence-corrected chi connectivity index (χ2v) is 3.46. The first kappa shape index (κ1) is 11.9. The van der Waals surface area contributed by atoms with E-state index in [1.165, 1.54) is 0 Å². The van der Waals surface area contributed by atoms with Crippen LogP contribution in [0.5, 0.6) is 11.5 Å². The van der Waals surface area contributed by atoms with Gasteiger partial charge >= 0.3 is 0 Å². The first-order valence-electron chi connectivity index (χ1n) is 5.26. The lowest BCUT2D eigenvalue weighted by atomic mass is 10.3. The first-order chi connectivity index (χ1) is 7.24. The van der Waals surface area contributed by atoms with Gasteiger partial charge in [-0.05, 0) is 25.5 Å². The van der Waals surface area contributed by atoms with Crippen molar-refractivity contribution in [2.24, 2.45) is 0 Å². The zero-order chi connectivity index (χ0) is 11.1. The van der Waals surface area contributed by atoms with E-state index in [-0.39, 0.29) is 6.61 Å². The molecule has 0 aliphatic heterocycles. The molecule has 1 unspecified atom stereocenters. The summed E-state index contributed by atoms with van der Waals surface area (Å²) in [7, 11) is 0. The fraction of sp³-hybridized carbons (Fsp3) is 0.500. The van der Waals surface area contributed by atoms with Crippen molar-refractivity contribution in [2.45, 2.75) is 26.4 Å². The largest absolute Gasteiger partial charge is 0.490 e. The Balaban J connectivity index is 2.59. The van der Waals surface area contributed by atoms with Crippen molar-refractivity contribution in [2.75, 3.05) is 13.2 Å². The van der Waals surface area contributed by atoms with E-state index in [1.54, 1.807) is 6.92 Å². The molecule has 1 aromatic rings. The van der Waals surface area contributed by atoms with Crippen LogP contribution in [0, 0.1) is 0 Å². The molecule has 0 radical (unpaired) electrons. The molecule has 0 bridgehead atoms. The van der Waals surface area contributed by atoms with Crippen LogP contribution in [0.25, 0.3) is 0 Å². The summed E-state index contributed by atoms with van der Waals surface area (Å²) in [5.74, 6) is 1.42. The summed E-state index contributed by atoms with van der Waals surface area (Å²) in [5.41, 5.74) is 0. The lowest BCUT2D eigenvalue weighted by Gasteiger charge is -2.12. The molecule has 0 saturated carbocycles. The van der Waals surface area contributed by atoms with Crippen LogP contribution >= 0.6 is 0 Å². The summed E-state index contributed by atoms with van der Waals surface area (Å²) in [6, 6.07) is 7.50.